The predicted molar refractivity (Wildman–Crippen MR) is 115 cm³/mol. The molecule has 0 bridgehead atoms. The minimum atomic E-state index is -2.99. The molecule has 0 radical (unpaired) electrons. The molecule has 0 aliphatic carbocycles. The molecule has 0 unspecified atom stereocenters. The molecule has 0 saturated carbocycles. The Labute approximate surface area is 169 Å². The number of nitrogens with one attached hydrogen (secondary N) is 2. The third-order valence-corrected chi connectivity index (χ3v) is 4.44. The van der Waals surface area contributed by atoms with Crippen molar-refractivity contribution in [3.8, 4) is 5.75 Å². The molecule has 0 atom stereocenters. The van der Waals surface area contributed by atoms with Gasteiger partial charge in [0, 0.05) is 24.9 Å². The van der Waals surface area contributed by atoms with Crippen LogP contribution >= 0.6 is 0 Å². The van der Waals surface area contributed by atoms with Gasteiger partial charge >= 0.3 is 0 Å². The van der Waals surface area contributed by atoms with Crippen LogP contribution in [0.1, 0.15) is 38.8 Å². The third-order valence-electron chi connectivity index (χ3n) is 3.53. The van der Waals surface area contributed by atoms with E-state index in [-0.39, 0.29) is 18.0 Å². The monoisotopic (exact) mass is 413 g/mol. The lowest BCUT2D eigenvalue weighted by atomic mass is 10.1. The number of nitrogens with zero attached hydrogens (tertiary/aromatic N) is 1. The summed E-state index contributed by atoms with van der Waals surface area (Å²) in [5, 5.41) is 6.39. The zero-order chi connectivity index (χ0) is 21.2. The van der Waals surface area contributed by atoms with Gasteiger partial charge in [0.25, 0.3) is 0 Å². The molecule has 2 N–H and O–H groups in total. The number of aliphatic imine (C=N–C) groups is 1. The summed E-state index contributed by atoms with van der Waals surface area (Å²) in [6.45, 7) is 12.5. The highest BCUT2D eigenvalue weighted by Gasteiger charge is 2.15. The number of benzene rings is 1. The van der Waals surface area contributed by atoms with Crippen molar-refractivity contribution in [1.82, 2.24) is 10.6 Å². The molecule has 0 aliphatic heterocycles. The average molecular weight is 414 g/mol. The molecule has 1 aromatic rings. The van der Waals surface area contributed by atoms with Crippen molar-refractivity contribution >= 4 is 15.8 Å². The summed E-state index contributed by atoms with van der Waals surface area (Å²) in [4.78, 5) is 4.62. The first-order chi connectivity index (χ1) is 13.0. The van der Waals surface area contributed by atoms with E-state index in [1.165, 1.54) is 6.26 Å². The molecule has 7 nitrogen and oxygen atoms in total. The van der Waals surface area contributed by atoms with E-state index in [0.29, 0.717) is 25.7 Å². The highest BCUT2D eigenvalue weighted by atomic mass is 32.2. The topological polar surface area (TPSA) is 89.0 Å². The van der Waals surface area contributed by atoms with E-state index in [9.17, 15) is 8.42 Å². The standard InChI is InChI=1S/C20H35N3O4S/c1-7-21-19(22-10-11-26-12-13-28(6,24)25)23-15-17-9-8-16(2)14-18(17)27-20(3,4)5/h8-9,14H,7,10-13,15H2,1-6H3,(H2,21,22,23). The van der Waals surface area contributed by atoms with Gasteiger partial charge < -0.3 is 20.1 Å². The van der Waals surface area contributed by atoms with E-state index in [2.05, 4.69) is 21.7 Å². The first kappa shape index (κ1) is 24.2. The van der Waals surface area contributed by atoms with Crippen LogP contribution in [0.2, 0.25) is 0 Å². The highest BCUT2D eigenvalue weighted by Crippen LogP contribution is 2.25. The van der Waals surface area contributed by atoms with Crippen molar-refractivity contribution < 1.29 is 17.9 Å². The van der Waals surface area contributed by atoms with Crippen molar-refractivity contribution in [1.29, 1.82) is 0 Å². The molecule has 1 aromatic carbocycles. The Hall–Kier alpha value is -1.80. The maximum Gasteiger partial charge on any atom is 0.191 e. The first-order valence-electron chi connectivity index (χ1n) is 9.56. The third kappa shape index (κ3) is 11.1. The van der Waals surface area contributed by atoms with Crippen molar-refractivity contribution in [2.75, 3.05) is 38.3 Å². The fourth-order valence-corrected chi connectivity index (χ4v) is 2.70. The lowest BCUT2D eigenvalue weighted by molar-refractivity contribution is 0.129. The van der Waals surface area contributed by atoms with Gasteiger partial charge in [0.2, 0.25) is 0 Å². The van der Waals surface area contributed by atoms with Crippen LogP contribution in [0.25, 0.3) is 0 Å². The Morgan fingerprint density at radius 2 is 1.89 bits per heavy atom. The number of ether oxygens (including phenoxy) is 2. The largest absolute Gasteiger partial charge is 0.488 e. The SMILES string of the molecule is CCNC(=NCc1ccc(C)cc1OC(C)(C)C)NCCOCCS(C)(=O)=O. The Bertz CT molecular complexity index is 740. The number of hydrogen-bond acceptors (Lipinski definition) is 5. The smallest absolute Gasteiger partial charge is 0.191 e. The molecule has 0 heterocycles. The molecule has 0 amide bonds. The van der Waals surface area contributed by atoms with Crippen LogP contribution < -0.4 is 15.4 Å². The maximum atomic E-state index is 11.1. The van der Waals surface area contributed by atoms with Gasteiger partial charge in [-0.2, -0.15) is 0 Å². The van der Waals surface area contributed by atoms with Crippen molar-refractivity contribution in [2.24, 2.45) is 4.99 Å². The highest BCUT2D eigenvalue weighted by molar-refractivity contribution is 7.90. The van der Waals surface area contributed by atoms with Crippen LogP contribution in [0, 0.1) is 6.92 Å². The van der Waals surface area contributed by atoms with Gasteiger partial charge in [0.05, 0.1) is 25.5 Å². The fourth-order valence-electron chi connectivity index (χ4n) is 2.28. The molecular weight excluding hydrogens is 378 g/mol. The number of aryl methyl sites for hydroxylation is 1. The Kier molecular flexibility index (Phi) is 9.75. The van der Waals surface area contributed by atoms with Gasteiger partial charge in [-0.05, 0) is 46.2 Å². The summed E-state index contributed by atoms with van der Waals surface area (Å²) in [7, 11) is -2.99. The van der Waals surface area contributed by atoms with E-state index >= 15 is 0 Å². The summed E-state index contributed by atoms with van der Waals surface area (Å²) < 4.78 is 33.6. The number of hydrogen-bond donors (Lipinski definition) is 2. The molecule has 28 heavy (non-hydrogen) atoms. The van der Waals surface area contributed by atoms with Crippen LogP contribution in [0.5, 0.6) is 5.75 Å². The van der Waals surface area contributed by atoms with Crippen LogP contribution in [0.3, 0.4) is 0 Å². The lowest BCUT2D eigenvalue weighted by Gasteiger charge is -2.23. The van der Waals surface area contributed by atoms with Crippen molar-refractivity contribution in [3.05, 3.63) is 29.3 Å². The Balaban J connectivity index is 2.64. The molecule has 0 aliphatic rings. The van der Waals surface area contributed by atoms with Gasteiger partial charge in [-0.15, -0.1) is 0 Å². The van der Waals surface area contributed by atoms with Crippen molar-refractivity contribution in [3.63, 3.8) is 0 Å². The average Bonchev–Trinajstić information content (AvgIpc) is 2.54. The second-order valence-electron chi connectivity index (χ2n) is 7.69. The minimum absolute atomic E-state index is 0.0329. The molecule has 160 valence electrons. The maximum absolute atomic E-state index is 11.1. The van der Waals surface area contributed by atoms with Gasteiger partial charge in [-0.3, -0.25) is 0 Å². The second-order valence-corrected chi connectivity index (χ2v) is 9.95. The van der Waals surface area contributed by atoms with E-state index in [4.69, 9.17) is 9.47 Å². The summed E-state index contributed by atoms with van der Waals surface area (Å²) in [5.74, 6) is 1.55. The zero-order valence-corrected chi connectivity index (χ0v) is 18.8. The van der Waals surface area contributed by atoms with Gasteiger partial charge in [-0.25, -0.2) is 13.4 Å². The van der Waals surface area contributed by atoms with Crippen LogP contribution in [0.4, 0.5) is 0 Å². The van der Waals surface area contributed by atoms with Crippen LogP contribution in [0.15, 0.2) is 23.2 Å². The molecule has 0 spiro atoms. The molecule has 1 rings (SSSR count). The van der Waals surface area contributed by atoms with Gasteiger partial charge in [0.15, 0.2) is 5.96 Å². The Morgan fingerprint density at radius 1 is 1.18 bits per heavy atom. The summed E-state index contributed by atoms with van der Waals surface area (Å²) >= 11 is 0. The normalized spacial score (nSPS) is 12.7. The quantitative estimate of drug-likeness (QED) is 0.348. The second kappa shape index (κ2) is 11.3. The number of rotatable bonds is 10. The molecule has 0 saturated heterocycles. The van der Waals surface area contributed by atoms with Gasteiger partial charge in [-0.1, -0.05) is 12.1 Å². The fraction of sp³-hybridized carbons (Fsp3) is 0.650. The van der Waals surface area contributed by atoms with E-state index in [1.807, 2.05) is 46.8 Å². The molecule has 0 fully saturated rings. The summed E-state index contributed by atoms with van der Waals surface area (Å²) in [6, 6.07) is 6.13. The minimum Gasteiger partial charge on any atom is -0.488 e. The first-order valence-corrected chi connectivity index (χ1v) is 11.6. The number of sulfone groups is 1. The summed E-state index contributed by atoms with van der Waals surface area (Å²) in [6.07, 6.45) is 1.20. The van der Waals surface area contributed by atoms with Crippen LogP contribution in [-0.2, 0) is 21.1 Å². The molecule has 8 heteroatoms. The van der Waals surface area contributed by atoms with Gasteiger partial charge in [0.1, 0.15) is 21.2 Å². The van der Waals surface area contributed by atoms with E-state index in [1.54, 1.807) is 0 Å². The molecular formula is C20H35N3O4S. The number of guanidine groups is 1. The van der Waals surface area contributed by atoms with Crippen molar-refractivity contribution in [2.45, 2.75) is 46.8 Å². The predicted octanol–water partition coefficient (Wildman–Crippen LogP) is 2.29. The van der Waals surface area contributed by atoms with Crippen LogP contribution in [-0.4, -0.2) is 58.3 Å². The Morgan fingerprint density at radius 3 is 2.50 bits per heavy atom. The zero-order valence-electron chi connectivity index (χ0n) is 18.0. The van der Waals surface area contributed by atoms with E-state index < -0.39 is 9.84 Å². The lowest BCUT2D eigenvalue weighted by Crippen LogP contribution is -2.39. The molecule has 0 aromatic heterocycles. The van der Waals surface area contributed by atoms with E-state index in [0.717, 1.165) is 23.4 Å². The summed E-state index contributed by atoms with van der Waals surface area (Å²) in [5.41, 5.74) is 1.88.